The molecule has 154 valence electrons. The van der Waals surface area contributed by atoms with E-state index in [1.54, 1.807) is 14.2 Å². The van der Waals surface area contributed by atoms with Gasteiger partial charge in [0.1, 0.15) is 6.54 Å². The molecule has 0 bridgehead atoms. The number of amides is 1. The topological polar surface area (TPSA) is 75.2 Å². The van der Waals surface area contributed by atoms with Gasteiger partial charge in [0.15, 0.2) is 17.5 Å². The smallest absolute Gasteiger partial charge is 0.248 e. The Labute approximate surface area is 171 Å². The van der Waals surface area contributed by atoms with Gasteiger partial charge in [0, 0.05) is 30.5 Å². The average Bonchev–Trinajstić information content (AvgIpc) is 2.76. The number of ether oxygens (including phenoxy) is 2. The first-order valence-corrected chi connectivity index (χ1v) is 9.82. The van der Waals surface area contributed by atoms with Crippen LogP contribution in [0.4, 0.5) is 11.4 Å². The fourth-order valence-electron chi connectivity index (χ4n) is 3.38. The Morgan fingerprint density at radius 2 is 1.93 bits per heavy atom. The van der Waals surface area contributed by atoms with Crippen LogP contribution in [0.15, 0.2) is 47.5 Å². The van der Waals surface area contributed by atoms with Crippen LogP contribution in [0.25, 0.3) is 0 Å². The van der Waals surface area contributed by atoms with Crippen LogP contribution in [-0.2, 0) is 11.2 Å². The molecule has 2 aromatic carbocycles. The van der Waals surface area contributed by atoms with Crippen molar-refractivity contribution >= 4 is 23.2 Å². The van der Waals surface area contributed by atoms with Gasteiger partial charge in [-0.05, 0) is 43.5 Å². The van der Waals surface area contributed by atoms with E-state index in [1.165, 1.54) is 5.56 Å². The standard InChI is InChI=1S/C22H28N4O3/c1-4-23-22(25-17-11-12-19(28-2)20(14-17)29-3)24-15-21(27)26-13-7-9-16-8-5-6-10-18(16)26/h5-6,8,10-12,14H,4,7,9,13,15H2,1-3H3,(H2,23,24,25). The average molecular weight is 396 g/mol. The normalized spacial score (nSPS) is 13.5. The highest BCUT2D eigenvalue weighted by Gasteiger charge is 2.21. The maximum absolute atomic E-state index is 12.8. The molecule has 7 heteroatoms. The summed E-state index contributed by atoms with van der Waals surface area (Å²) in [6, 6.07) is 13.6. The number of aryl methyl sites for hydroxylation is 1. The number of hydrogen-bond donors (Lipinski definition) is 2. The zero-order valence-electron chi connectivity index (χ0n) is 17.2. The van der Waals surface area contributed by atoms with Crippen molar-refractivity contribution in [3.63, 3.8) is 0 Å². The minimum Gasteiger partial charge on any atom is -0.493 e. The third-order valence-electron chi connectivity index (χ3n) is 4.77. The second kappa shape index (κ2) is 9.82. The van der Waals surface area contributed by atoms with Crippen LogP contribution in [0.1, 0.15) is 18.9 Å². The van der Waals surface area contributed by atoms with Crippen LogP contribution < -0.4 is 25.0 Å². The molecule has 1 heterocycles. The van der Waals surface area contributed by atoms with Crippen molar-refractivity contribution in [3.05, 3.63) is 48.0 Å². The van der Waals surface area contributed by atoms with Gasteiger partial charge in [0.2, 0.25) is 5.91 Å². The van der Waals surface area contributed by atoms with Crippen molar-refractivity contribution in [1.29, 1.82) is 0 Å². The van der Waals surface area contributed by atoms with Crippen LogP contribution in [0.5, 0.6) is 11.5 Å². The second-order valence-electron chi connectivity index (χ2n) is 6.67. The van der Waals surface area contributed by atoms with E-state index in [1.807, 2.05) is 48.2 Å². The summed E-state index contributed by atoms with van der Waals surface area (Å²) in [5.41, 5.74) is 3.00. The van der Waals surface area contributed by atoms with Crippen LogP contribution >= 0.6 is 0 Å². The van der Waals surface area contributed by atoms with Crippen molar-refractivity contribution in [1.82, 2.24) is 5.32 Å². The van der Waals surface area contributed by atoms with E-state index in [0.717, 1.165) is 30.8 Å². The lowest BCUT2D eigenvalue weighted by molar-refractivity contribution is -0.117. The Morgan fingerprint density at radius 1 is 1.14 bits per heavy atom. The van der Waals surface area contributed by atoms with Crippen LogP contribution in [0.3, 0.4) is 0 Å². The number of nitrogens with zero attached hydrogens (tertiary/aromatic N) is 2. The summed E-state index contributed by atoms with van der Waals surface area (Å²) in [7, 11) is 3.19. The number of carbonyl (C=O) groups excluding carboxylic acids is 1. The number of carbonyl (C=O) groups is 1. The molecule has 1 aliphatic rings. The molecule has 2 N–H and O–H groups in total. The predicted octanol–water partition coefficient (Wildman–Crippen LogP) is 3.06. The largest absolute Gasteiger partial charge is 0.493 e. The van der Waals surface area contributed by atoms with Gasteiger partial charge >= 0.3 is 0 Å². The third-order valence-corrected chi connectivity index (χ3v) is 4.77. The molecule has 0 aliphatic carbocycles. The van der Waals surface area contributed by atoms with Crippen molar-refractivity contribution in [3.8, 4) is 11.5 Å². The van der Waals surface area contributed by atoms with Crippen molar-refractivity contribution < 1.29 is 14.3 Å². The van der Waals surface area contributed by atoms with Gasteiger partial charge < -0.3 is 25.0 Å². The maximum atomic E-state index is 12.8. The molecule has 0 fully saturated rings. The summed E-state index contributed by atoms with van der Waals surface area (Å²) < 4.78 is 10.6. The summed E-state index contributed by atoms with van der Waals surface area (Å²) in [5, 5.41) is 6.39. The molecule has 1 aliphatic heterocycles. The number of methoxy groups -OCH3 is 2. The maximum Gasteiger partial charge on any atom is 0.248 e. The molecule has 0 saturated heterocycles. The summed E-state index contributed by atoms with van der Waals surface area (Å²) in [6.45, 7) is 3.45. The number of rotatable bonds is 6. The van der Waals surface area contributed by atoms with E-state index in [-0.39, 0.29) is 12.5 Å². The molecular weight excluding hydrogens is 368 g/mol. The summed E-state index contributed by atoms with van der Waals surface area (Å²) >= 11 is 0. The molecule has 0 unspecified atom stereocenters. The number of hydrogen-bond acceptors (Lipinski definition) is 4. The lowest BCUT2D eigenvalue weighted by Gasteiger charge is -2.29. The molecular formula is C22H28N4O3. The highest BCUT2D eigenvalue weighted by molar-refractivity contribution is 5.99. The van der Waals surface area contributed by atoms with Crippen LogP contribution in [0, 0.1) is 0 Å². The number of guanidine groups is 1. The van der Waals surface area contributed by atoms with Crippen molar-refractivity contribution in [2.45, 2.75) is 19.8 Å². The van der Waals surface area contributed by atoms with Gasteiger partial charge in [0.05, 0.1) is 14.2 Å². The van der Waals surface area contributed by atoms with Gasteiger partial charge in [-0.25, -0.2) is 4.99 Å². The minimum atomic E-state index is -0.0123. The molecule has 3 rings (SSSR count). The SMILES string of the molecule is CCNC(=NCC(=O)N1CCCc2ccccc21)Nc1ccc(OC)c(OC)c1. The molecule has 0 aromatic heterocycles. The Morgan fingerprint density at radius 3 is 2.69 bits per heavy atom. The van der Waals surface area contributed by atoms with Gasteiger partial charge in [-0.15, -0.1) is 0 Å². The summed E-state index contributed by atoms with van der Waals surface area (Å²) in [6.07, 6.45) is 1.98. The van der Waals surface area contributed by atoms with Crippen molar-refractivity contribution in [2.24, 2.45) is 4.99 Å². The fraction of sp³-hybridized carbons (Fsp3) is 0.364. The van der Waals surface area contributed by atoms with E-state index in [4.69, 9.17) is 9.47 Å². The molecule has 1 amide bonds. The second-order valence-corrected chi connectivity index (χ2v) is 6.67. The van der Waals surface area contributed by atoms with Gasteiger partial charge in [-0.1, -0.05) is 18.2 Å². The monoisotopic (exact) mass is 396 g/mol. The number of nitrogens with one attached hydrogen (secondary N) is 2. The first-order valence-electron chi connectivity index (χ1n) is 9.82. The number of para-hydroxylation sites is 1. The summed E-state index contributed by atoms with van der Waals surface area (Å²) in [5.74, 6) is 1.80. The Hall–Kier alpha value is -3.22. The van der Waals surface area contributed by atoms with E-state index in [0.29, 0.717) is 24.0 Å². The first kappa shape index (κ1) is 20.5. The molecule has 0 spiro atoms. The fourth-order valence-corrected chi connectivity index (χ4v) is 3.38. The van der Waals surface area contributed by atoms with E-state index >= 15 is 0 Å². The van der Waals surface area contributed by atoms with Crippen LogP contribution in [-0.4, -0.2) is 45.7 Å². The lowest BCUT2D eigenvalue weighted by atomic mass is 10.0. The van der Waals surface area contributed by atoms with Crippen molar-refractivity contribution in [2.75, 3.05) is 44.1 Å². The highest BCUT2D eigenvalue weighted by Crippen LogP contribution is 2.30. The molecule has 2 aromatic rings. The molecule has 0 saturated carbocycles. The van der Waals surface area contributed by atoms with Gasteiger partial charge in [0.25, 0.3) is 0 Å². The Kier molecular flexibility index (Phi) is 6.94. The number of aliphatic imine (C=N–C) groups is 1. The third kappa shape index (κ3) is 4.99. The van der Waals surface area contributed by atoms with E-state index in [2.05, 4.69) is 21.7 Å². The Balaban J connectivity index is 1.72. The number of anilines is 2. The van der Waals surface area contributed by atoms with Gasteiger partial charge in [-0.2, -0.15) is 0 Å². The molecule has 7 nitrogen and oxygen atoms in total. The number of benzene rings is 2. The lowest BCUT2D eigenvalue weighted by Crippen LogP contribution is -2.38. The van der Waals surface area contributed by atoms with Gasteiger partial charge in [-0.3, -0.25) is 4.79 Å². The first-order chi connectivity index (χ1) is 14.2. The minimum absolute atomic E-state index is 0.0123. The predicted molar refractivity (Wildman–Crippen MR) is 116 cm³/mol. The quantitative estimate of drug-likeness (QED) is 0.580. The van der Waals surface area contributed by atoms with E-state index < -0.39 is 0 Å². The molecule has 0 radical (unpaired) electrons. The molecule has 29 heavy (non-hydrogen) atoms. The summed E-state index contributed by atoms with van der Waals surface area (Å²) in [4.78, 5) is 19.2. The molecule has 0 atom stereocenters. The van der Waals surface area contributed by atoms with Crippen LogP contribution in [0.2, 0.25) is 0 Å². The zero-order chi connectivity index (χ0) is 20.6. The number of fused-ring (bicyclic) bond motifs is 1. The Bertz CT molecular complexity index is 882. The van der Waals surface area contributed by atoms with E-state index in [9.17, 15) is 4.79 Å². The highest BCUT2D eigenvalue weighted by atomic mass is 16.5. The zero-order valence-corrected chi connectivity index (χ0v) is 17.2.